The summed E-state index contributed by atoms with van der Waals surface area (Å²) in [6, 6.07) is 10.8. The molecule has 1 aliphatic heterocycles. The average molecular weight is 359 g/mol. The van der Waals surface area contributed by atoms with Gasteiger partial charge in [0.05, 0.1) is 11.0 Å². The lowest BCUT2D eigenvalue weighted by molar-refractivity contribution is -0.384. The molecule has 1 fully saturated rings. The van der Waals surface area contributed by atoms with Gasteiger partial charge in [-0.05, 0) is 37.3 Å². The van der Waals surface area contributed by atoms with Crippen LogP contribution in [0.5, 0.6) is 0 Å². The number of benzene rings is 1. The van der Waals surface area contributed by atoms with Gasteiger partial charge in [0.25, 0.3) is 5.69 Å². The molecule has 1 aromatic carbocycles. The van der Waals surface area contributed by atoms with Crippen LogP contribution in [0.3, 0.4) is 0 Å². The zero-order chi connectivity index (χ0) is 17.8. The van der Waals surface area contributed by atoms with Gasteiger partial charge in [-0.25, -0.2) is 0 Å². The van der Waals surface area contributed by atoms with Gasteiger partial charge in [0.2, 0.25) is 5.91 Å². The molecule has 2 aromatic rings. The second-order valence-electron chi connectivity index (χ2n) is 6.25. The van der Waals surface area contributed by atoms with Crippen LogP contribution in [-0.4, -0.2) is 23.9 Å². The van der Waals surface area contributed by atoms with Crippen molar-refractivity contribution >= 4 is 28.6 Å². The topological polar surface area (TPSA) is 75.5 Å². The Hall–Kier alpha value is -2.41. The van der Waals surface area contributed by atoms with E-state index < -0.39 is 0 Å². The number of carbonyl (C=O) groups is 1. The van der Waals surface area contributed by atoms with Gasteiger partial charge >= 0.3 is 0 Å². The molecule has 0 unspecified atom stereocenters. The minimum absolute atomic E-state index is 0.0146. The normalized spacial score (nSPS) is 16.4. The highest BCUT2D eigenvalue weighted by molar-refractivity contribution is 7.10. The van der Waals surface area contributed by atoms with Gasteiger partial charge in [0.15, 0.2) is 0 Å². The number of nitrogens with zero attached hydrogens (tertiary/aromatic N) is 2. The predicted molar refractivity (Wildman–Crippen MR) is 98.9 cm³/mol. The lowest BCUT2D eigenvalue weighted by atomic mass is 9.95. The lowest BCUT2D eigenvalue weighted by Crippen LogP contribution is -2.41. The molecule has 1 aromatic heterocycles. The Kier molecular flexibility index (Phi) is 5.33. The third kappa shape index (κ3) is 3.99. The SMILES string of the molecule is C[C@@H](NC(=O)C1CCN(c2ccccc2[N+](=O)[O-])CC1)c1cccs1. The minimum Gasteiger partial charge on any atom is -0.366 e. The summed E-state index contributed by atoms with van der Waals surface area (Å²) < 4.78 is 0. The molecular formula is C18H21N3O3S. The van der Waals surface area contributed by atoms with Crippen LogP contribution < -0.4 is 10.2 Å². The number of hydrogen-bond donors (Lipinski definition) is 1. The van der Waals surface area contributed by atoms with Crippen LogP contribution in [0.2, 0.25) is 0 Å². The molecule has 7 heteroatoms. The third-order valence-electron chi connectivity index (χ3n) is 4.61. The van der Waals surface area contributed by atoms with Crippen molar-refractivity contribution < 1.29 is 9.72 Å². The van der Waals surface area contributed by atoms with Crippen LogP contribution in [0.4, 0.5) is 11.4 Å². The van der Waals surface area contributed by atoms with Crippen molar-refractivity contribution in [3.8, 4) is 0 Å². The number of hydrogen-bond acceptors (Lipinski definition) is 5. The first kappa shape index (κ1) is 17.4. The molecule has 0 aliphatic carbocycles. The number of carbonyl (C=O) groups excluding carboxylic acids is 1. The first-order valence-electron chi connectivity index (χ1n) is 8.38. The van der Waals surface area contributed by atoms with Crippen LogP contribution in [-0.2, 0) is 4.79 Å². The van der Waals surface area contributed by atoms with Crippen molar-refractivity contribution in [3.63, 3.8) is 0 Å². The van der Waals surface area contributed by atoms with E-state index in [9.17, 15) is 14.9 Å². The second-order valence-corrected chi connectivity index (χ2v) is 7.23. The van der Waals surface area contributed by atoms with Crippen molar-refractivity contribution in [1.29, 1.82) is 0 Å². The number of thiophene rings is 1. The molecule has 6 nitrogen and oxygen atoms in total. The zero-order valence-electron chi connectivity index (χ0n) is 14.1. The molecule has 3 rings (SSSR count). The van der Waals surface area contributed by atoms with Gasteiger partial charge in [-0.1, -0.05) is 18.2 Å². The fraction of sp³-hybridized carbons (Fsp3) is 0.389. The van der Waals surface area contributed by atoms with E-state index in [1.165, 1.54) is 6.07 Å². The van der Waals surface area contributed by atoms with Gasteiger partial charge in [0, 0.05) is 30.0 Å². The molecule has 1 amide bonds. The largest absolute Gasteiger partial charge is 0.366 e. The van der Waals surface area contributed by atoms with Crippen molar-refractivity contribution in [2.24, 2.45) is 5.92 Å². The first-order chi connectivity index (χ1) is 12.1. The van der Waals surface area contributed by atoms with Crippen molar-refractivity contribution in [2.75, 3.05) is 18.0 Å². The van der Waals surface area contributed by atoms with Gasteiger partial charge in [0.1, 0.15) is 5.69 Å². The quantitative estimate of drug-likeness (QED) is 0.652. The lowest BCUT2D eigenvalue weighted by Gasteiger charge is -2.33. The maximum absolute atomic E-state index is 12.5. The molecule has 2 heterocycles. The Labute approximate surface area is 150 Å². The van der Waals surface area contributed by atoms with Crippen LogP contribution in [0.25, 0.3) is 0 Å². The summed E-state index contributed by atoms with van der Waals surface area (Å²) in [4.78, 5) is 26.5. The number of anilines is 1. The van der Waals surface area contributed by atoms with E-state index in [2.05, 4.69) is 5.32 Å². The summed E-state index contributed by atoms with van der Waals surface area (Å²) in [6.07, 6.45) is 1.41. The van der Waals surface area contributed by atoms with Crippen molar-refractivity contribution in [1.82, 2.24) is 5.32 Å². The van der Waals surface area contributed by atoms with E-state index >= 15 is 0 Å². The van der Waals surface area contributed by atoms with Crippen LogP contribution in [0.15, 0.2) is 41.8 Å². The highest BCUT2D eigenvalue weighted by atomic mass is 32.1. The highest BCUT2D eigenvalue weighted by Crippen LogP contribution is 2.31. The minimum atomic E-state index is -0.350. The van der Waals surface area contributed by atoms with Crippen molar-refractivity contribution in [2.45, 2.75) is 25.8 Å². The summed E-state index contributed by atoms with van der Waals surface area (Å²) in [7, 11) is 0. The van der Waals surface area contributed by atoms with Crippen LogP contribution in [0.1, 0.15) is 30.7 Å². The molecule has 0 saturated carbocycles. The number of rotatable bonds is 5. The summed E-state index contributed by atoms with van der Waals surface area (Å²) in [5.41, 5.74) is 0.759. The Morgan fingerprint density at radius 3 is 2.64 bits per heavy atom. The number of nitrogens with one attached hydrogen (secondary N) is 1. The van der Waals surface area contributed by atoms with E-state index in [4.69, 9.17) is 0 Å². The number of amides is 1. The van der Waals surface area contributed by atoms with E-state index in [0.29, 0.717) is 31.6 Å². The fourth-order valence-corrected chi connectivity index (χ4v) is 3.94. The standard InChI is InChI=1S/C18H21N3O3S/c1-13(17-7-4-12-25-17)19-18(22)14-8-10-20(11-9-14)15-5-2-3-6-16(15)21(23)24/h2-7,12-14H,8-11H2,1H3,(H,19,22)/t13-/m1/s1. The molecule has 1 saturated heterocycles. The van der Waals surface area contributed by atoms with Gasteiger partial charge < -0.3 is 10.2 Å². The molecule has 1 N–H and O–H groups in total. The Bertz CT molecular complexity index is 740. The fourth-order valence-electron chi connectivity index (χ4n) is 3.21. The summed E-state index contributed by atoms with van der Waals surface area (Å²) in [6.45, 7) is 3.29. The third-order valence-corrected chi connectivity index (χ3v) is 5.67. The highest BCUT2D eigenvalue weighted by Gasteiger charge is 2.28. The zero-order valence-corrected chi connectivity index (χ0v) is 14.9. The smallest absolute Gasteiger partial charge is 0.292 e. The van der Waals surface area contributed by atoms with Crippen LogP contribution >= 0.6 is 11.3 Å². The van der Waals surface area contributed by atoms with E-state index in [1.807, 2.05) is 35.4 Å². The Balaban J connectivity index is 1.59. The second kappa shape index (κ2) is 7.65. The number of piperidine rings is 1. The molecule has 0 bridgehead atoms. The monoisotopic (exact) mass is 359 g/mol. The van der Waals surface area contributed by atoms with Crippen LogP contribution in [0, 0.1) is 16.0 Å². The van der Waals surface area contributed by atoms with Gasteiger partial charge in [-0.2, -0.15) is 0 Å². The molecule has 25 heavy (non-hydrogen) atoms. The Morgan fingerprint density at radius 2 is 2.00 bits per heavy atom. The summed E-state index contributed by atoms with van der Waals surface area (Å²) in [5.74, 6) is 0.0320. The first-order valence-corrected chi connectivity index (χ1v) is 9.26. The van der Waals surface area contributed by atoms with E-state index in [0.717, 1.165) is 4.88 Å². The molecule has 132 valence electrons. The summed E-state index contributed by atoms with van der Waals surface area (Å²) in [5, 5.41) is 16.3. The molecule has 0 spiro atoms. The molecule has 1 atom stereocenters. The molecular weight excluding hydrogens is 338 g/mol. The molecule has 0 radical (unpaired) electrons. The number of nitro benzene ring substituents is 1. The summed E-state index contributed by atoms with van der Waals surface area (Å²) >= 11 is 1.63. The maximum Gasteiger partial charge on any atom is 0.292 e. The maximum atomic E-state index is 12.5. The van der Waals surface area contributed by atoms with Gasteiger partial charge in [-0.3, -0.25) is 14.9 Å². The van der Waals surface area contributed by atoms with Crippen molar-refractivity contribution in [3.05, 3.63) is 56.8 Å². The van der Waals surface area contributed by atoms with E-state index in [-0.39, 0.29) is 28.5 Å². The Morgan fingerprint density at radius 1 is 1.28 bits per heavy atom. The average Bonchev–Trinajstić information content (AvgIpc) is 3.16. The molecule has 1 aliphatic rings. The number of para-hydroxylation sites is 2. The van der Waals surface area contributed by atoms with Gasteiger partial charge in [-0.15, -0.1) is 11.3 Å². The number of nitro groups is 1. The van der Waals surface area contributed by atoms with E-state index in [1.54, 1.807) is 23.5 Å². The predicted octanol–water partition coefficient (Wildman–Crippen LogP) is 3.75.